The van der Waals surface area contributed by atoms with Gasteiger partial charge in [-0.3, -0.25) is 15.0 Å². The van der Waals surface area contributed by atoms with E-state index >= 15 is 0 Å². The van der Waals surface area contributed by atoms with E-state index in [2.05, 4.69) is 4.90 Å². The van der Waals surface area contributed by atoms with Crippen molar-refractivity contribution < 1.29 is 14.4 Å². The molecule has 0 radical (unpaired) electrons. The van der Waals surface area contributed by atoms with Crippen molar-refractivity contribution in [3.63, 3.8) is 0 Å². The van der Waals surface area contributed by atoms with Crippen LogP contribution in [0.4, 0.5) is 11.4 Å². The Morgan fingerprint density at radius 2 is 1.70 bits per heavy atom. The molecule has 0 aliphatic carbocycles. The molecular formula is C19H22ClN3O4. The smallest absolute Gasteiger partial charge is 0.296 e. The van der Waals surface area contributed by atoms with Crippen LogP contribution in [0.5, 0.6) is 11.5 Å². The van der Waals surface area contributed by atoms with Crippen molar-refractivity contribution in [1.82, 2.24) is 4.90 Å². The molecule has 27 heavy (non-hydrogen) atoms. The van der Waals surface area contributed by atoms with Crippen molar-refractivity contribution in [3.05, 3.63) is 57.1 Å². The Labute approximate surface area is 163 Å². The number of rotatable bonds is 6. The summed E-state index contributed by atoms with van der Waals surface area (Å²) in [5.41, 5.74) is 1.66. The minimum atomic E-state index is -0.382. The zero-order valence-corrected chi connectivity index (χ0v) is 16.1. The monoisotopic (exact) mass is 391 g/mol. The molecule has 0 atom stereocenters. The molecule has 0 aromatic heterocycles. The zero-order chi connectivity index (χ0) is 19.4. The minimum absolute atomic E-state index is 0.0206. The molecule has 0 saturated carbocycles. The summed E-state index contributed by atoms with van der Waals surface area (Å²) in [6.45, 7) is 3.70. The van der Waals surface area contributed by atoms with E-state index < -0.39 is 0 Å². The molecule has 1 heterocycles. The van der Waals surface area contributed by atoms with Crippen LogP contribution in [0.15, 0.2) is 36.4 Å². The first-order valence-electron chi connectivity index (χ1n) is 8.64. The molecule has 0 spiro atoms. The molecule has 0 amide bonds. The van der Waals surface area contributed by atoms with E-state index in [-0.39, 0.29) is 10.6 Å². The molecular weight excluding hydrogens is 370 g/mol. The van der Waals surface area contributed by atoms with Gasteiger partial charge in [-0.15, -0.1) is 0 Å². The first-order chi connectivity index (χ1) is 13.0. The lowest BCUT2D eigenvalue weighted by molar-refractivity contribution is -0.384. The van der Waals surface area contributed by atoms with E-state index in [9.17, 15) is 10.1 Å². The molecule has 7 nitrogen and oxygen atoms in total. The van der Waals surface area contributed by atoms with Gasteiger partial charge in [0, 0.05) is 43.8 Å². The predicted octanol–water partition coefficient (Wildman–Crippen LogP) is 3.59. The third-order valence-electron chi connectivity index (χ3n) is 4.74. The van der Waals surface area contributed by atoms with Crippen LogP contribution in [0, 0.1) is 10.1 Å². The van der Waals surface area contributed by atoms with Gasteiger partial charge in [-0.25, -0.2) is 0 Å². The topological polar surface area (TPSA) is 68.1 Å². The first kappa shape index (κ1) is 19.3. The number of nitro groups is 1. The maximum atomic E-state index is 11.5. The van der Waals surface area contributed by atoms with E-state index in [0.717, 1.165) is 30.2 Å². The number of benzene rings is 2. The molecule has 0 unspecified atom stereocenters. The summed E-state index contributed by atoms with van der Waals surface area (Å²) in [6, 6.07) is 10.9. The second-order valence-corrected chi connectivity index (χ2v) is 6.71. The summed E-state index contributed by atoms with van der Waals surface area (Å²) in [4.78, 5) is 15.5. The number of hydrogen-bond acceptors (Lipinski definition) is 6. The van der Waals surface area contributed by atoms with Crippen LogP contribution in [0.25, 0.3) is 0 Å². The van der Waals surface area contributed by atoms with E-state index in [0.29, 0.717) is 30.3 Å². The molecule has 0 bridgehead atoms. The lowest BCUT2D eigenvalue weighted by atomic mass is 10.1. The summed E-state index contributed by atoms with van der Waals surface area (Å²) < 4.78 is 10.5. The Balaban J connectivity index is 1.75. The van der Waals surface area contributed by atoms with Crippen molar-refractivity contribution in [2.75, 3.05) is 45.3 Å². The first-order valence-corrected chi connectivity index (χ1v) is 9.02. The third-order valence-corrected chi connectivity index (χ3v) is 5.11. The summed E-state index contributed by atoms with van der Waals surface area (Å²) in [7, 11) is 2.99. The van der Waals surface area contributed by atoms with Gasteiger partial charge in [0.25, 0.3) is 5.69 Å². The summed E-state index contributed by atoms with van der Waals surface area (Å²) >= 11 is 6.25. The van der Waals surface area contributed by atoms with Gasteiger partial charge in [-0.1, -0.05) is 29.8 Å². The van der Waals surface area contributed by atoms with Crippen LogP contribution in [0.1, 0.15) is 5.56 Å². The van der Waals surface area contributed by atoms with Crippen molar-refractivity contribution in [3.8, 4) is 11.5 Å². The van der Waals surface area contributed by atoms with Gasteiger partial charge in [-0.05, 0) is 11.6 Å². The maximum Gasteiger partial charge on any atom is 0.296 e. The molecule has 1 aliphatic rings. The minimum Gasteiger partial charge on any atom is -0.493 e. The van der Waals surface area contributed by atoms with Gasteiger partial charge in [0.05, 0.1) is 25.2 Å². The van der Waals surface area contributed by atoms with Crippen LogP contribution in [0.2, 0.25) is 5.02 Å². The number of piperazine rings is 1. The van der Waals surface area contributed by atoms with Crippen LogP contribution < -0.4 is 14.4 Å². The second-order valence-electron chi connectivity index (χ2n) is 6.31. The molecule has 0 N–H and O–H groups in total. The van der Waals surface area contributed by atoms with Crippen LogP contribution in [-0.2, 0) is 6.54 Å². The highest BCUT2D eigenvalue weighted by Crippen LogP contribution is 2.39. The standard InChI is InChI=1S/C19H22ClN3O4/c1-26-18-11-16(17(23(24)25)12-19(18)27-2)22-9-7-21(8-10-22)13-14-5-3-4-6-15(14)20/h3-6,11-12H,7-10,13H2,1-2H3. The van der Waals surface area contributed by atoms with Crippen LogP contribution >= 0.6 is 11.6 Å². The number of halogens is 1. The number of ether oxygens (including phenoxy) is 2. The van der Waals surface area contributed by atoms with Gasteiger partial charge in [-0.2, -0.15) is 0 Å². The molecule has 2 aromatic rings. The zero-order valence-electron chi connectivity index (χ0n) is 15.4. The van der Waals surface area contributed by atoms with Gasteiger partial charge >= 0.3 is 0 Å². The van der Waals surface area contributed by atoms with Gasteiger partial charge in [0.2, 0.25) is 0 Å². The van der Waals surface area contributed by atoms with Gasteiger partial charge < -0.3 is 14.4 Å². The number of methoxy groups -OCH3 is 2. The van der Waals surface area contributed by atoms with Crippen molar-refractivity contribution in [1.29, 1.82) is 0 Å². The van der Waals surface area contributed by atoms with Crippen LogP contribution in [0.3, 0.4) is 0 Å². The van der Waals surface area contributed by atoms with Crippen molar-refractivity contribution in [2.24, 2.45) is 0 Å². The molecule has 3 rings (SSSR count). The molecule has 8 heteroatoms. The SMILES string of the molecule is COc1cc(N2CCN(Cc3ccccc3Cl)CC2)c([N+](=O)[O-])cc1OC. The fraction of sp³-hybridized carbons (Fsp3) is 0.368. The Kier molecular flexibility index (Phi) is 6.03. The molecule has 1 fully saturated rings. The van der Waals surface area contributed by atoms with Crippen molar-refractivity contribution >= 4 is 23.0 Å². The molecule has 1 aliphatic heterocycles. The Bertz CT molecular complexity index is 823. The molecule has 1 saturated heterocycles. The second kappa shape index (κ2) is 8.45. The third kappa shape index (κ3) is 4.26. The fourth-order valence-corrected chi connectivity index (χ4v) is 3.47. The Hall–Kier alpha value is -2.51. The largest absolute Gasteiger partial charge is 0.493 e. The predicted molar refractivity (Wildman–Crippen MR) is 105 cm³/mol. The molecule has 2 aromatic carbocycles. The van der Waals surface area contributed by atoms with Crippen LogP contribution in [-0.4, -0.2) is 50.2 Å². The van der Waals surface area contributed by atoms with E-state index in [4.69, 9.17) is 21.1 Å². The van der Waals surface area contributed by atoms with Gasteiger partial charge in [0.1, 0.15) is 5.69 Å². The van der Waals surface area contributed by atoms with E-state index in [1.54, 1.807) is 6.07 Å². The fourth-order valence-electron chi connectivity index (χ4n) is 3.27. The lowest BCUT2D eigenvalue weighted by Gasteiger charge is -2.36. The Morgan fingerprint density at radius 3 is 2.30 bits per heavy atom. The Morgan fingerprint density at radius 1 is 1.07 bits per heavy atom. The molecule has 144 valence electrons. The van der Waals surface area contributed by atoms with E-state index in [1.165, 1.54) is 20.3 Å². The number of nitro benzene ring substituents is 1. The highest BCUT2D eigenvalue weighted by atomic mass is 35.5. The normalized spacial score (nSPS) is 14.9. The quantitative estimate of drug-likeness (QED) is 0.553. The summed E-state index contributed by atoms with van der Waals surface area (Å²) in [5, 5.41) is 12.3. The van der Waals surface area contributed by atoms with E-state index in [1.807, 2.05) is 29.2 Å². The summed E-state index contributed by atoms with van der Waals surface area (Å²) in [6.07, 6.45) is 0. The number of hydrogen-bond donors (Lipinski definition) is 0. The lowest BCUT2D eigenvalue weighted by Crippen LogP contribution is -2.46. The van der Waals surface area contributed by atoms with Crippen molar-refractivity contribution in [2.45, 2.75) is 6.54 Å². The maximum absolute atomic E-state index is 11.5. The highest BCUT2D eigenvalue weighted by molar-refractivity contribution is 6.31. The number of anilines is 1. The average Bonchev–Trinajstić information content (AvgIpc) is 2.69. The highest BCUT2D eigenvalue weighted by Gasteiger charge is 2.26. The summed E-state index contributed by atoms with van der Waals surface area (Å²) in [5.74, 6) is 0.835. The van der Waals surface area contributed by atoms with Gasteiger partial charge in [0.15, 0.2) is 11.5 Å². The number of nitrogens with zero attached hydrogens (tertiary/aromatic N) is 3. The average molecular weight is 392 g/mol.